The summed E-state index contributed by atoms with van der Waals surface area (Å²) in [6.45, 7) is 8.01. The van der Waals surface area contributed by atoms with E-state index < -0.39 is 5.60 Å². The molecule has 0 aliphatic rings. The lowest BCUT2D eigenvalue weighted by molar-refractivity contribution is 0.154. The molecule has 0 heterocycles. The smallest absolute Gasteiger partial charge is 0.135 e. The number of fused-ring (bicyclic) bond motifs is 1. The standard InChI is InChI=1S/C23H19ClO/c1-17(23(2,3)25-22-14-12-21(24)13-15-22)8-9-18-10-11-19-6-4-5-7-20(19)16-18/h4-7,10-16H,1H2,2-3H3. The van der Waals surface area contributed by atoms with Crippen molar-refractivity contribution in [2.24, 2.45) is 0 Å². The van der Waals surface area contributed by atoms with Crippen LogP contribution in [-0.2, 0) is 0 Å². The van der Waals surface area contributed by atoms with E-state index >= 15 is 0 Å². The van der Waals surface area contributed by atoms with Crippen LogP contribution in [0, 0.1) is 11.8 Å². The summed E-state index contributed by atoms with van der Waals surface area (Å²) in [5, 5.41) is 3.06. The Hall–Kier alpha value is -2.69. The fourth-order valence-corrected chi connectivity index (χ4v) is 2.55. The topological polar surface area (TPSA) is 9.23 Å². The van der Waals surface area contributed by atoms with E-state index in [-0.39, 0.29) is 0 Å². The number of rotatable bonds is 3. The van der Waals surface area contributed by atoms with Gasteiger partial charge in [0.25, 0.3) is 0 Å². The molecule has 124 valence electrons. The van der Waals surface area contributed by atoms with Gasteiger partial charge in [0.2, 0.25) is 0 Å². The molecule has 3 rings (SSSR count). The van der Waals surface area contributed by atoms with Crippen LogP contribution in [0.25, 0.3) is 10.8 Å². The van der Waals surface area contributed by atoms with E-state index in [4.69, 9.17) is 16.3 Å². The fourth-order valence-electron chi connectivity index (χ4n) is 2.42. The average Bonchev–Trinajstić information content (AvgIpc) is 2.61. The van der Waals surface area contributed by atoms with E-state index in [0.717, 1.165) is 16.9 Å². The van der Waals surface area contributed by atoms with E-state index in [2.05, 4.69) is 42.7 Å². The molecule has 0 saturated heterocycles. The Morgan fingerprint density at radius 2 is 1.64 bits per heavy atom. The first kappa shape index (κ1) is 17.1. The van der Waals surface area contributed by atoms with Gasteiger partial charge >= 0.3 is 0 Å². The highest BCUT2D eigenvalue weighted by molar-refractivity contribution is 6.30. The summed E-state index contributed by atoms with van der Waals surface area (Å²) < 4.78 is 6.02. The molecule has 0 unspecified atom stereocenters. The van der Waals surface area contributed by atoms with Gasteiger partial charge in [-0.15, -0.1) is 0 Å². The lowest BCUT2D eigenvalue weighted by Crippen LogP contribution is -2.29. The summed E-state index contributed by atoms with van der Waals surface area (Å²) >= 11 is 5.91. The molecular weight excluding hydrogens is 328 g/mol. The molecule has 0 atom stereocenters. The maximum Gasteiger partial charge on any atom is 0.135 e. The molecule has 0 amide bonds. The van der Waals surface area contributed by atoms with Crippen molar-refractivity contribution in [2.45, 2.75) is 19.4 Å². The first-order chi connectivity index (χ1) is 11.9. The number of ether oxygens (including phenoxy) is 1. The van der Waals surface area contributed by atoms with Crippen LogP contribution < -0.4 is 4.74 Å². The highest BCUT2D eigenvalue weighted by Gasteiger charge is 2.22. The Bertz CT molecular complexity index is 972. The third kappa shape index (κ3) is 4.24. The third-order valence-electron chi connectivity index (χ3n) is 4.02. The van der Waals surface area contributed by atoms with Gasteiger partial charge in [0.15, 0.2) is 0 Å². The number of benzene rings is 3. The maximum absolute atomic E-state index is 6.02. The number of hydrogen-bond acceptors (Lipinski definition) is 1. The van der Waals surface area contributed by atoms with Crippen molar-refractivity contribution in [1.82, 2.24) is 0 Å². The molecule has 0 fully saturated rings. The Morgan fingerprint density at radius 1 is 0.960 bits per heavy atom. The van der Waals surface area contributed by atoms with Gasteiger partial charge < -0.3 is 4.74 Å². The lowest BCUT2D eigenvalue weighted by Gasteiger charge is -2.26. The minimum absolute atomic E-state index is 0.600. The van der Waals surface area contributed by atoms with E-state index in [1.54, 1.807) is 12.1 Å². The summed E-state index contributed by atoms with van der Waals surface area (Å²) in [6, 6.07) is 21.7. The van der Waals surface area contributed by atoms with Gasteiger partial charge in [0, 0.05) is 16.2 Å². The zero-order valence-electron chi connectivity index (χ0n) is 14.3. The van der Waals surface area contributed by atoms with Crippen molar-refractivity contribution < 1.29 is 4.74 Å². The largest absolute Gasteiger partial charge is 0.483 e. The first-order valence-corrected chi connectivity index (χ1v) is 8.47. The molecule has 3 aromatic carbocycles. The van der Waals surface area contributed by atoms with Crippen LogP contribution in [0.1, 0.15) is 19.4 Å². The van der Waals surface area contributed by atoms with Crippen LogP contribution in [0.2, 0.25) is 5.02 Å². The SMILES string of the molecule is C=C(C#Cc1ccc2ccccc2c1)C(C)(C)Oc1ccc(Cl)cc1. The molecule has 0 radical (unpaired) electrons. The molecule has 3 aromatic rings. The van der Waals surface area contributed by atoms with E-state index in [1.807, 2.05) is 44.2 Å². The Balaban J connectivity index is 1.78. The zero-order valence-corrected chi connectivity index (χ0v) is 15.1. The monoisotopic (exact) mass is 346 g/mol. The van der Waals surface area contributed by atoms with Crippen LogP contribution in [-0.4, -0.2) is 5.60 Å². The number of hydrogen-bond donors (Lipinski definition) is 0. The van der Waals surface area contributed by atoms with Crippen LogP contribution in [0.5, 0.6) is 5.75 Å². The zero-order chi connectivity index (χ0) is 17.9. The van der Waals surface area contributed by atoms with E-state index in [9.17, 15) is 0 Å². The van der Waals surface area contributed by atoms with Gasteiger partial charge in [-0.3, -0.25) is 0 Å². The molecule has 0 spiro atoms. The normalized spacial score (nSPS) is 10.8. The Kier molecular flexibility index (Phi) is 4.83. The van der Waals surface area contributed by atoms with Crippen LogP contribution in [0.3, 0.4) is 0 Å². The Labute approximate surface area is 153 Å². The van der Waals surface area contributed by atoms with Gasteiger partial charge in [-0.05, 0) is 61.0 Å². The van der Waals surface area contributed by atoms with Crippen LogP contribution >= 0.6 is 11.6 Å². The predicted octanol–water partition coefficient (Wildman–Crippen LogP) is 6.26. The van der Waals surface area contributed by atoms with Gasteiger partial charge in [0.05, 0.1) is 0 Å². The number of halogens is 1. The lowest BCUT2D eigenvalue weighted by atomic mass is 9.99. The molecule has 0 aliphatic heterocycles. The van der Waals surface area contributed by atoms with Gasteiger partial charge in [-0.1, -0.05) is 60.4 Å². The summed E-state index contributed by atoms with van der Waals surface area (Å²) in [4.78, 5) is 0. The second-order valence-corrected chi connectivity index (χ2v) is 6.79. The summed E-state index contributed by atoms with van der Waals surface area (Å²) in [6.07, 6.45) is 0. The van der Waals surface area contributed by atoms with Crippen LogP contribution in [0.4, 0.5) is 0 Å². The van der Waals surface area contributed by atoms with Crippen molar-refractivity contribution in [2.75, 3.05) is 0 Å². The first-order valence-electron chi connectivity index (χ1n) is 8.09. The van der Waals surface area contributed by atoms with Gasteiger partial charge in [-0.2, -0.15) is 0 Å². The molecule has 0 bridgehead atoms. The van der Waals surface area contributed by atoms with Crippen molar-refractivity contribution in [3.05, 3.63) is 89.5 Å². The highest BCUT2D eigenvalue weighted by atomic mass is 35.5. The molecule has 0 aliphatic carbocycles. The predicted molar refractivity (Wildman–Crippen MR) is 106 cm³/mol. The average molecular weight is 347 g/mol. The second kappa shape index (κ2) is 7.05. The van der Waals surface area contributed by atoms with E-state index in [0.29, 0.717) is 5.02 Å². The van der Waals surface area contributed by atoms with Gasteiger partial charge in [0.1, 0.15) is 11.4 Å². The molecule has 0 N–H and O–H groups in total. The van der Waals surface area contributed by atoms with Gasteiger partial charge in [-0.25, -0.2) is 0 Å². The molecule has 0 saturated carbocycles. The summed E-state index contributed by atoms with van der Waals surface area (Å²) in [7, 11) is 0. The van der Waals surface area contributed by atoms with Crippen molar-refractivity contribution >= 4 is 22.4 Å². The third-order valence-corrected chi connectivity index (χ3v) is 4.27. The second-order valence-electron chi connectivity index (χ2n) is 6.36. The maximum atomic E-state index is 6.02. The van der Waals surface area contributed by atoms with Crippen molar-refractivity contribution in [3.8, 4) is 17.6 Å². The molecular formula is C23H19ClO. The fraction of sp³-hybridized carbons (Fsp3) is 0.130. The molecule has 25 heavy (non-hydrogen) atoms. The molecule has 2 heteroatoms. The van der Waals surface area contributed by atoms with E-state index in [1.165, 1.54) is 10.8 Å². The highest BCUT2D eigenvalue weighted by Crippen LogP contribution is 2.25. The molecule has 0 aromatic heterocycles. The van der Waals surface area contributed by atoms with Crippen molar-refractivity contribution in [3.63, 3.8) is 0 Å². The summed E-state index contributed by atoms with van der Waals surface area (Å²) in [5.41, 5.74) is 1.08. The quantitative estimate of drug-likeness (QED) is 0.509. The summed E-state index contributed by atoms with van der Waals surface area (Å²) in [5.74, 6) is 7.07. The Morgan fingerprint density at radius 3 is 2.36 bits per heavy atom. The minimum atomic E-state index is -0.600. The minimum Gasteiger partial charge on any atom is -0.483 e. The van der Waals surface area contributed by atoms with Crippen molar-refractivity contribution in [1.29, 1.82) is 0 Å². The molecule has 1 nitrogen and oxygen atoms in total. The van der Waals surface area contributed by atoms with Crippen LogP contribution in [0.15, 0.2) is 78.9 Å².